The highest BCUT2D eigenvalue weighted by Gasteiger charge is 2.19. The Morgan fingerprint density at radius 1 is 1.56 bits per heavy atom. The van der Waals surface area contributed by atoms with E-state index in [1.165, 1.54) is 7.11 Å². The van der Waals surface area contributed by atoms with Gasteiger partial charge >= 0.3 is 5.97 Å². The lowest BCUT2D eigenvalue weighted by Gasteiger charge is -2.08. The summed E-state index contributed by atoms with van der Waals surface area (Å²) < 4.78 is 4.89. The Morgan fingerprint density at radius 2 is 2.31 bits per heavy atom. The molecule has 0 fully saturated rings. The molecule has 0 amide bonds. The van der Waals surface area contributed by atoms with E-state index in [4.69, 9.17) is 9.84 Å². The first-order valence-corrected chi connectivity index (χ1v) is 4.90. The zero-order valence-electron chi connectivity index (χ0n) is 8.80. The normalized spacial score (nSPS) is 12.8. The maximum Gasteiger partial charge on any atom is 0.333 e. The van der Waals surface area contributed by atoms with Gasteiger partial charge in [-0.05, 0) is 6.07 Å². The van der Waals surface area contributed by atoms with Gasteiger partial charge in [0.1, 0.15) is 0 Å². The number of hydrogen-bond acceptors (Lipinski definition) is 3. The third kappa shape index (κ3) is 1.90. The number of aromatic amines is 1. The number of para-hydroxylation sites is 1. The first-order chi connectivity index (χ1) is 7.72. The number of aromatic nitrogens is 2. The minimum atomic E-state index is -0.971. The van der Waals surface area contributed by atoms with Crippen molar-refractivity contribution in [1.82, 2.24) is 10.2 Å². The van der Waals surface area contributed by atoms with E-state index in [9.17, 15) is 4.79 Å². The molecule has 1 aromatic heterocycles. The van der Waals surface area contributed by atoms with Crippen LogP contribution in [0.15, 0.2) is 24.3 Å². The van der Waals surface area contributed by atoms with Crippen LogP contribution in [0, 0.1) is 0 Å². The number of methoxy groups -OCH3 is 1. The summed E-state index contributed by atoms with van der Waals surface area (Å²) in [4.78, 5) is 10.8. The second-order valence-electron chi connectivity index (χ2n) is 3.49. The van der Waals surface area contributed by atoms with Gasteiger partial charge in [0.25, 0.3) is 0 Å². The van der Waals surface area contributed by atoms with Crippen LogP contribution in [0.3, 0.4) is 0 Å². The van der Waals surface area contributed by atoms with Gasteiger partial charge in [0.05, 0.1) is 5.52 Å². The number of hydrogen-bond donors (Lipinski definition) is 2. The molecule has 2 N–H and O–H groups in total. The van der Waals surface area contributed by atoms with Gasteiger partial charge in [0.15, 0.2) is 6.10 Å². The molecule has 0 radical (unpaired) electrons. The first kappa shape index (κ1) is 10.6. The Bertz CT molecular complexity index is 507. The molecule has 84 valence electrons. The molecule has 1 unspecified atom stereocenters. The Balaban J connectivity index is 2.30. The van der Waals surface area contributed by atoms with Crippen LogP contribution in [0.4, 0.5) is 0 Å². The fourth-order valence-electron chi connectivity index (χ4n) is 1.63. The number of carboxylic acid groups (broad SMARTS) is 1. The predicted molar refractivity (Wildman–Crippen MR) is 58.2 cm³/mol. The van der Waals surface area contributed by atoms with Crippen molar-refractivity contribution in [2.24, 2.45) is 0 Å². The second-order valence-corrected chi connectivity index (χ2v) is 3.49. The number of carboxylic acids is 1. The van der Waals surface area contributed by atoms with Crippen LogP contribution < -0.4 is 0 Å². The maximum absolute atomic E-state index is 10.8. The lowest BCUT2D eigenvalue weighted by Crippen LogP contribution is -2.25. The van der Waals surface area contributed by atoms with Crippen molar-refractivity contribution in [3.8, 4) is 0 Å². The number of H-pyrrole nitrogens is 1. The van der Waals surface area contributed by atoms with Crippen molar-refractivity contribution < 1.29 is 14.6 Å². The fraction of sp³-hybridized carbons (Fsp3) is 0.273. The average molecular weight is 220 g/mol. The van der Waals surface area contributed by atoms with Crippen LogP contribution in [0.1, 0.15) is 5.69 Å². The summed E-state index contributed by atoms with van der Waals surface area (Å²) in [5.41, 5.74) is 1.61. The van der Waals surface area contributed by atoms with Crippen LogP contribution in [-0.2, 0) is 16.0 Å². The molecular weight excluding hydrogens is 208 g/mol. The summed E-state index contributed by atoms with van der Waals surface area (Å²) in [6.45, 7) is 0. The van der Waals surface area contributed by atoms with Crippen molar-refractivity contribution in [1.29, 1.82) is 0 Å². The second kappa shape index (κ2) is 4.32. The van der Waals surface area contributed by atoms with Crippen molar-refractivity contribution in [3.05, 3.63) is 30.0 Å². The lowest BCUT2D eigenvalue weighted by atomic mass is 10.1. The summed E-state index contributed by atoms with van der Waals surface area (Å²) >= 11 is 0. The first-order valence-electron chi connectivity index (χ1n) is 4.90. The molecule has 0 saturated carbocycles. The number of ether oxygens (including phenoxy) is 1. The zero-order valence-corrected chi connectivity index (χ0v) is 8.80. The van der Waals surface area contributed by atoms with Gasteiger partial charge in [-0.25, -0.2) is 4.79 Å². The highest BCUT2D eigenvalue weighted by atomic mass is 16.5. The summed E-state index contributed by atoms with van der Waals surface area (Å²) in [7, 11) is 1.39. The molecule has 0 aliphatic heterocycles. The molecule has 0 aliphatic carbocycles. The minimum Gasteiger partial charge on any atom is -0.479 e. The average Bonchev–Trinajstić information content (AvgIpc) is 2.69. The number of nitrogens with one attached hydrogen (secondary N) is 1. The van der Waals surface area contributed by atoms with Crippen LogP contribution >= 0.6 is 0 Å². The number of benzene rings is 1. The van der Waals surface area contributed by atoms with Crippen LogP contribution in [0.25, 0.3) is 10.9 Å². The molecule has 2 rings (SSSR count). The number of nitrogens with zero attached hydrogens (tertiary/aromatic N) is 1. The van der Waals surface area contributed by atoms with E-state index in [0.29, 0.717) is 0 Å². The molecule has 0 spiro atoms. The number of fused-ring (bicyclic) bond motifs is 1. The predicted octanol–water partition coefficient (Wildman–Crippen LogP) is 1.21. The van der Waals surface area contributed by atoms with Gasteiger partial charge in [-0.3, -0.25) is 5.10 Å². The van der Waals surface area contributed by atoms with Crippen molar-refractivity contribution >= 4 is 16.9 Å². The summed E-state index contributed by atoms with van der Waals surface area (Å²) in [5.74, 6) is -0.971. The van der Waals surface area contributed by atoms with E-state index in [1.54, 1.807) is 0 Å². The van der Waals surface area contributed by atoms with Gasteiger partial charge in [0, 0.05) is 24.6 Å². The Kier molecular flexibility index (Phi) is 2.87. The zero-order chi connectivity index (χ0) is 11.5. The molecule has 1 aromatic carbocycles. The molecule has 0 bridgehead atoms. The monoisotopic (exact) mass is 220 g/mol. The van der Waals surface area contributed by atoms with E-state index in [-0.39, 0.29) is 6.42 Å². The van der Waals surface area contributed by atoms with Gasteiger partial charge < -0.3 is 9.84 Å². The van der Waals surface area contributed by atoms with Crippen molar-refractivity contribution in [3.63, 3.8) is 0 Å². The molecule has 0 saturated heterocycles. The van der Waals surface area contributed by atoms with Crippen molar-refractivity contribution in [2.45, 2.75) is 12.5 Å². The molecule has 1 heterocycles. The standard InChI is InChI=1S/C11H12N2O3/c1-16-10(11(14)15)6-9-7-4-2-3-5-8(7)12-13-9/h2-5,10H,6H2,1H3,(H,12,13)(H,14,15). The van der Waals surface area contributed by atoms with Crippen molar-refractivity contribution in [2.75, 3.05) is 7.11 Å². The summed E-state index contributed by atoms with van der Waals surface area (Å²) in [5, 5.41) is 16.8. The Morgan fingerprint density at radius 3 is 3.00 bits per heavy atom. The molecule has 2 aromatic rings. The lowest BCUT2D eigenvalue weighted by molar-refractivity contribution is -0.148. The summed E-state index contributed by atoms with van der Waals surface area (Å²) in [6, 6.07) is 7.56. The summed E-state index contributed by atoms with van der Waals surface area (Å²) in [6.07, 6.45) is -0.560. The number of carbonyl (C=O) groups is 1. The minimum absolute atomic E-state index is 0.284. The highest BCUT2D eigenvalue weighted by molar-refractivity contribution is 5.82. The SMILES string of the molecule is COC(Cc1[nH]nc2ccccc12)C(=O)O. The van der Waals surface area contributed by atoms with E-state index < -0.39 is 12.1 Å². The fourth-order valence-corrected chi connectivity index (χ4v) is 1.63. The van der Waals surface area contributed by atoms with E-state index in [0.717, 1.165) is 16.6 Å². The largest absolute Gasteiger partial charge is 0.479 e. The van der Waals surface area contributed by atoms with E-state index in [2.05, 4.69) is 10.2 Å². The highest BCUT2D eigenvalue weighted by Crippen LogP contribution is 2.17. The van der Waals surface area contributed by atoms with Gasteiger partial charge in [0.2, 0.25) is 0 Å². The van der Waals surface area contributed by atoms with Crippen LogP contribution in [-0.4, -0.2) is 34.5 Å². The molecule has 16 heavy (non-hydrogen) atoms. The van der Waals surface area contributed by atoms with E-state index >= 15 is 0 Å². The molecule has 1 atom stereocenters. The smallest absolute Gasteiger partial charge is 0.333 e. The van der Waals surface area contributed by atoms with Gasteiger partial charge in [-0.15, -0.1) is 0 Å². The third-order valence-corrected chi connectivity index (χ3v) is 2.49. The van der Waals surface area contributed by atoms with Crippen LogP contribution in [0.5, 0.6) is 0 Å². The van der Waals surface area contributed by atoms with Gasteiger partial charge in [-0.2, -0.15) is 5.10 Å². The molecule has 5 nitrogen and oxygen atoms in total. The number of aliphatic carboxylic acids is 1. The van der Waals surface area contributed by atoms with Gasteiger partial charge in [-0.1, -0.05) is 18.2 Å². The molecule has 5 heteroatoms. The Labute approximate surface area is 92.0 Å². The maximum atomic E-state index is 10.8. The number of rotatable bonds is 4. The quantitative estimate of drug-likeness (QED) is 0.811. The topological polar surface area (TPSA) is 75.2 Å². The third-order valence-electron chi connectivity index (χ3n) is 2.49. The van der Waals surface area contributed by atoms with Crippen LogP contribution in [0.2, 0.25) is 0 Å². The molecular formula is C11H12N2O3. The Hall–Kier alpha value is -1.88. The molecule has 0 aliphatic rings. The van der Waals surface area contributed by atoms with E-state index in [1.807, 2.05) is 24.3 Å².